The lowest BCUT2D eigenvalue weighted by Gasteiger charge is -2.16. The van der Waals surface area contributed by atoms with Crippen LogP contribution < -0.4 is 0 Å². The van der Waals surface area contributed by atoms with Crippen molar-refractivity contribution in [2.75, 3.05) is 0 Å². The van der Waals surface area contributed by atoms with Crippen LogP contribution in [-0.4, -0.2) is 19.1 Å². The summed E-state index contributed by atoms with van der Waals surface area (Å²) in [6, 6.07) is 40.5. The van der Waals surface area contributed by atoms with E-state index in [1.165, 1.54) is 21.0 Å². The first-order valence-corrected chi connectivity index (χ1v) is 13.7. The molecule has 0 bridgehead atoms. The first-order chi connectivity index (χ1) is 19.3. The number of rotatable bonds is 4. The summed E-state index contributed by atoms with van der Waals surface area (Å²) in [5, 5.41) is 3.48. The largest absolute Gasteiger partial charge is 0.322 e. The van der Waals surface area contributed by atoms with Crippen molar-refractivity contribution in [2.45, 2.75) is 0 Å². The minimum absolute atomic E-state index is 0.953. The second-order valence-electron chi connectivity index (χ2n) is 9.58. The molecule has 0 radical (unpaired) electrons. The Morgan fingerprint density at radius 3 is 2.26 bits per heavy atom. The first-order valence-electron chi connectivity index (χ1n) is 12.9. The van der Waals surface area contributed by atoms with Crippen LogP contribution >= 0.6 is 11.3 Å². The molecule has 0 aliphatic heterocycles. The van der Waals surface area contributed by atoms with Crippen LogP contribution in [-0.2, 0) is 0 Å². The minimum atomic E-state index is 0.953. The zero-order valence-corrected chi connectivity index (χ0v) is 21.7. The number of nitrogens with zero attached hydrogens (tertiary/aromatic N) is 4. The van der Waals surface area contributed by atoms with Gasteiger partial charge in [-0.2, -0.15) is 0 Å². The van der Waals surface area contributed by atoms with Crippen LogP contribution in [0.3, 0.4) is 0 Å². The van der Waals surface area contributed by atoms with Gasteiger partial charge in [-0.3, -0.25) is 4.98 Å². The molecule has 0 amide bonds. The number of thiazole rings is 1. The van der Waals surface area contributed by atoms with Crippen LogP contribution in [0.15, 0.2) is 134 Å². The van der Waals surface area contributed by atoms with Gasteiger partial charge in [0.05, 0.1) is 38.3 Å². The molecule has 0 N–H and O–H groups in total. The highest BCUT2D eigenvalue weighted by molar-refractivity contribution is 7.21. The predicted octanol–water partition coefficient (Wildman–Crippen LogP) is 8.91. The third-order valence-corrected chi connectivity index (χ3v) is 8.36. The summed E-state index contributed by atoms with van der Waals surface area (Å²) < 4.78 is 5.77. The molecule has 0 unspecified atom stereocenters. The zero-order chi connectivity index (χ0) is 25.8. The molecule has 4 aromatic heterocycles. The summed E-state index contributed by atoms with van der Waals surface area (Å²) >= 11 is 1.74. The number of hydrogen-bond donors (Lipinski definition) is 0. The van der Waals surface area contributed by atoms with Crippen molar-refractivity contribution in [3.63, 3.8) is 0 Å². The Balaban J connectivity index is 1.44. The Morgan fingerprint density at radius 2 is 1.38 bits per heavy atom. The number of hydrogen-bond acceptors (Lipinski definition) is 3. The van der Waals surface area contributed by atoms with E-state index in [1.807, 2.05) is 24.4 Å². The number of fused-ring (bicyclic) bond motifs is 4. The van der Waals surface area contributed by atoms with Gasteiger partial charge < -0.3 is 9.13 Å². The SMILES string of the molecule is c1ccc(-c2ccc(-n3cccc3)c(-n3c4ccccc4c4ccc(-c5nc6ccccc6s5)cc43)c2)nc1. The third kappa shape index (κ3) is 3.59. The standard InChI is InChI=1S/C34H22N4S/c1-3-12-29-25(9-1)26-16-14-24(34-36-28-11-2-4-13-33(28)39-34)22-31(26)38(29)32-21-23(27-10-5-6-18-35-27)15-17-30(32)37-19-7-8-20-37/h1-22H. The highest BCUT2D eigenvalue weighted by Crippen LogP contribution is 2.39. The van der Waals surface area contributed by atoms with Gasteiger partial charge in [0, 0.05) is 40.5 Å². The van der Waals surface area contributed by atoms with E-state index in [0.717, 1.165) is 44.2 Å². The Labute approximate surface area is 229 Å². The predicted molar refractivity (Wildman–Crippen MR) is 162 cm³/mol. The van der Waals surface area contributed by atoms with E-state index in [2.05, 4.69) is 124 Å². The van der Waals surface area contributed by atoms with Crippen LogP contribution in [0.2, 0.25) is 0 Å². The highest BCUT2D eigenvalue weighted by atomic mass is 32.1. The average Bonchev–Trinajstić information content (AvgIpc) is 3.75. The molecule has 184 valence electrons. The Morgan fingerprint density at radius 1 is 0.590 bits per heavy atom. The van der Waals surface area contributed by atoms with Gasteiger partial charge in [0.1, 0.15) is 5.01 Å². The van der Waals surface area contributed by atoms with Crippen LogP contribution in [0.4, 0.5) is 0 Å². The van der Waals surface area contributed by atoms with Crippen molar-refractivity contribution in [2.24, 2.45) is 0 Å². The molecule has 0 saturated heterocycles. The Hall–Kier alpha value is -5.00. The lowest BCUT2D eigenvalue weighted by molar-refractivity contribution is 1.04. The fraction of sp³-hybridized carbons (Fsp3) is 0. The fourth-order valence-electron chi connectivity index (χ4n) is 5.47. The Kier molecular flexibility index (Phi) is 4.96. The second kappa shape index (κ2) is 8.79. The van der Waals surface area contributed by atoms with Crippen molar-refractivity contribution in [1.82, 2.24) is 19.1 Å². The molecule has 39 heavy (non-hydrogen) atoms. The van der Waals surface area contributed by atoms with E-state index >= 15 is 0 Å². The summed E-state index contributed by atoms with van der Waals surface area (Å²) in [5.41, 5.74) is 8.71. The lowest BCUT2D eigenvalue weighted by atomic mass is 10.1. The van der Waals surface area contributed by atoms with Gasteiger partial charge in [0.2, 0.25) is 0 Å². The van der Waals surface area contributed by atoms with E-state index in [-0.39, 0.29) is 0 Å². The van der Waals surface area contributed by atoms with E-state index in [4.69, 9.17) is 4.98 Å². The van der Waals surface area contributed by atoms with Crippen molar-refractivity contribution < 1.29 is 0 Å². The van der Waals surface area contributed by atoms with E-state index < -0.39 is 0 Å². The maximum Gasteiger partial charge on any atom is 0.124 e. The van der Waals surface area contributed by atoms with Gasteiger partial charge in [-0.15, -0.1) is 11.3 Å². The van der Waals surface area contributed by atoms with Gasteiger partial charge in [0.25, 0.3) is 0 Å². The molecular weight excluding hydrogens is 496 g/mol. The molecule has 0 atom stereocenters. The highest BCUT2D eigenvalue weighted by Gasteiger charge is 2.18. The summed E-state index contributed by atoms with van der Waals surface area (Å²) in [5.74, 6) is 0. The van der Waals surface area contributed by atoms with Gasteiger partial charge >= 0.3 is 0 Å². The molecule has 0 aliphatic rings. The number of pyridine rings is 1. The van der Waals surface area contributed by atoms with E-state index in [1.54, 1.807) is 11.3 Å². The smallest absolute Gasteiger partial charge is 0.124 e. The van der Waals surface area contributed by atoms with E-state index in [9.17, 15) is 0 Å². The average molecular weight is 519 g/mol. The number of benzene rings is 4. The molecule has 8 aromatic rings. The zero-order valence-electron chi connectivity index (χ0n) is 20.9. The number of aromatic nitrogens is 4. The van der Waals surface area contributed by atoms with E-state index in [0.29, 0.717) is 0 Å². The van der Waals surface area contributed by atoms with Gasteiger partial charge in [0.15, 0.2) is 0 Å². The minimum Gasteiger partial charge on any atom is -0.322 e. The Bertz CT molecular complexity index is 2090. The van der Waals surface area contributed by atoms with Crippen molar-refractivity contribution in [3.8, 4) is 33.2 Å². The van der Waals surface area contributed by atoms with Crippen molar-refractivity contribution >= 4 is 43.4 Å². The van der Waals surface area contributed by atoms with Crippen LogP contribution in [0.1, 0.15) is 0 Å². The molecule has 0 aliphatic carbocycles. The van der Waals surface area contributed by atoms with Crippen molar-refractivity contribution in [1.29, 1.82) is 0 Å². The van der Waals surface area contributed by atoms with Gasteiger partial charge in [-0.1, -0.05) is 54.6 Å². The number of para-hydroxylation sites is 2. The fourth-order valence-corrected chi connectivity index (χ4v) is 6.43. The summed E-state index contributed by atoms with van der Waals surface area (Å²) in [4.78, 5) is 9.60. The molecule has 0 saturated carbocycles. The molecular formula is C34H22N4S. The normalized spacial score (nSPS) is 11.6. The molecule has 5 heteroatoms. The maximum absolute atomic E-state index is 4.95. The molecule has 4 heterocycles. The third-order valence-electron chi connectivity index (χ3n) is 7.27. The van der Waals surface area contributed by atoms with Crippen molar-refractivity contribution in [3.05, 3.63) is 134 Å². The van der Waals surface area contributed by atoms with Crippen LogP contribution in [0.5, 0.6) is 0 Å². The monoisotopic (exact) mass is 518 g/mol. The van der Waals surface area contributed by atoms with Gasteiger partial charge in [-0.25, -0.2) is 4.98 Å². The molecule has 4 nitrogen and oxygen atoms in total. The summed E-state index contributed by atoms with van der Waals surface area (Å²) in [6.45, 7) is 0. The summed E-state index contributed by atoms with van der Waals surface area (Å²) in [6.07, 6.45) is 6.04. The summed E-state index contributed by atoms with van der Waals surface area (Å²) in [7, 11) is 0. The van der Waals surface area contributed by atoms with Crippen LogP contribution in [0.25, 0.3) is 65.2 Å². The quantitative estimate of drug-likeness (QED) is 0.233. The molecule has 8 rings (SSSR count). The molecule has 0 spiro atoms. The topological polar surface area (TPSA) is 35.6 Å². The first kappa shape index (κ1) is 22.0. The second-order valence-corrected chi connectivity index (χ2v) is 10.6. The maximum atomic E-state index is 4.95. The van der Waals surface area contributed by atoms with Crippen LogP contribution in [0, 0.1) is 0 Å². The molecule has 0 fully saturated rings. The lowest BCUT2D eigenvalue weighted by Crippen LogP contribution is -2.02. The molecule has 4 aromatic carbocycles. The van der Waals surface area contributed by atoms with Gasteiger partial charge in [-0.05, 0) is 60.7 Å².